The Kier molecular flexibility index (Phi) is 4.81. The highest BCUT2D eigenvalue weighted by Crippen LogP contribution is 2.21. The summed E-state index contributed by atoms with van der Waals surface area (Å²) in [4.78, 5) is 0.112. The Hall–Kier alpha value is -0.940. The number of halogens is 1. The lowest BCUT2D eigenvalue weighted by Crippen LogP contribution is -2.50. The Balaban J connectivity index is 2.26. The number of sulfonamides is 1. The van der Waals surface area contributed by atoms with E-state index in [2.05, 4.69) is 26.0 Å². The van der Waals surface area contributed by atoms with E-state index in [4.69, 9.17) is 5.26 Å². The van der Waals surface area contributed by atoms with Crippen LogP contribution in [0.2, 0.25) is 0 Å². The zero-order valence-corrected chi connectivity index (χ0v) is 13.5. The van der Waals surface area contributed by atoms with Crippen molar-refractivity contribution < 1.29 is 8.42 Å². The smallest absolute Gasteiger partial charge is 0.240 e. The minimum absolute atomic E-state index is 0.112. The molecule has 0 amide bonds. The number of benzene rings is 1. The zero-order chi connectivity index (χ0) is 14.8. The van der Waals surface area contributed by atoms with Crippen LogP contribution in [0.3, 0.4) is 0 Å². The van der Waals surface area contributed by atoms with Crippen molar-refractivity contribution in [2.75, 3.05) is 13.1 Å². The summed E-state index contributed by atoms with van der Waals surface area (Å²) >= 11 is 3.23. The maximum Gasteiger partial charge on any atom is 0.240 e. The molecule has 2 atom stereocenters. The maximum absolute atomic E-state index is 12.4. The number of hydrogen-bond donors (Lipinski definition) is 2. The Morgan fingerprint density at radius 3 is 2.85 bits per heavy atom. The van der Waals surface area contributed by atoms with Crippen LogP contribution >= 0.6 is 15.9 Å². The lowest BCUT2D eigenvalue weighted by Gasteiger charge is -2.30. The molecule has 0 saturated carbocycles. The first kappa shape index (κ1) is 15.4. The van der Waals surface area contributed by atoms with Crippen molar-refractivity contribution in [3.05, 3.63) is 28.2 Å². The Morgan fingerprint density at radius 1 is 1.45 bits per heavy atom. The van der Waals surface area contributed by atoms with Crippen LogP contribution in [-0.2, 0) is 10.0 Å². The zero-order valence-electron chi connectivity index (χ0n) is 11.1. The van der Waals surface area contributed by atoms with Gasteiger partial charge in [0.2, 0.25) is 10.0 Å². The van der Waals surface area contributed by atoms with Gasteiger partial charge in [-0.3, -0.25) is 0 Å². The van der Waals surface area contributed by atoms with Gasteiger partial charge >= 0.3 is 0 Å². The summed E-state index contributed by atoms with van der Waals surface area (Å²) < 4.78 is 28.1. The molecule has 2 N–H and O–H groups in total. The monoisotopic (exact) mass is 357 g/mol. The highest BCUT2D eigenvalue weighted by atomic mass is 79.9. The number of nitrogens with zero attached hydrogens (tertiary/aromatic N) is 1. The molecule has 1 fully saturated rings. The molecule has 2 unspecified atom stereocenters. The van der Waals surface area contributed by atoms with E-state index in [-0.39, 0.29) is 16.9 Å². The summed E-state index contributed by atoms with van der Waals surface area (Å²) in [5.74, 6) is 0.286. The molecule has 1 aliphatic heterocycles. The summed E-state index contributed by atoms with van der Waals surface area (Å²) in [6.45, 7) is 3.57. The minimum atomic E-state index is -3.62. The molecule has 0 aromatic heterocycles. The average Bonchev–Trinajstić information content (AvgIpc) is 2.40. The van der Waals surface area contributed by atoms with Crippen molar-refractivity contribution in [1.82, 2.24) is 10.0 Å². The summed E-state index contributed by atoms with van der Waals surface area (Å²) in [7, 11) is -3.62. The SMILES string of the molecule is CC1CCNCC1NS(=O)(=O)c1cc(Br)cc(C#N)c1. The van der Waals surface area contributed by atoms with Crippen LogP contribution in [0.4, 0.5) is 0 Å². The van der Waals surface area contributed by atoms with Crippen LogP contribution < -0.4 is 10.0 Å². The van der Waals surface area contributed by atoms with Crippen LogP contribution in [0.15, 0.2) is 27.6 Å². The van der Waals surface area contributed by atoms with Crippen molar-refractivity contribution in [2.24, 2.45) is 5.92 Å². The van der Waals surface area contributed by atoms with Crippen molar-refractivity contribution in [1.29, 1.82) is 5.26 Å². The average molecular weight is 358 g/mol. The lowest BCUT2D eigenvalue weighted by molar-refractivity contribution is 0.327. The lowest BCUT2D eigenvalue weighted by atomic mass is 9.96. The molecule has 0 spiro atoms. The number of rotatable bonds is 3. The second-order valence-electron chi connectivity index (χ2n) is 4.99. The van der Waals surface area contributed by atoms with E-state index in [0.29, 0.717) is 16.6 Å². The largest absolute Gasteiger partial charge is 0.315 e. The Bertz CT molecular complexity index is 640. The number of hydrogen-bond acceptors (Lipinski definition) is 4. The van der Waals surface area contributed by atoms with Gasteiger partial charge in [-0.25, -0.2) is 13.1 Å². The van der Waals surface area contributed by atoms with Gasteiger partial charge in [-0.05, 0) is 37.1 Å². The van der Waals surface area contributed by atoms with Crippen molar-refractivity contribution in [3.63, 3.8) is 0 Å². The number of nitrogens with one attached hydrogen (secondary N) is 2. The van der Waals surface area contributed by atoms with Crippen LogP contribution in [0.1, 0.15) is 18.9 Å². The van der Waals surface area contributed by atoms with Gasteiger partial charge in [0, 0.05) is 17.1 Å². The molecule has 5 nitrogen and oxygen atoms in total. The molecule has 20 heavy (non-hydrogen) atoms. The van der Waals surface area contributed by atoms with E-state index in [9.17, 15) is 8.42 Å². The topological polar surface area (TPSA) is 82.0 Å². The summed E-state index contributed by atoms with van der Waals surface area (Å²) in [6.07, 6.45) is 0.940. The fourth-order valence-corrected chi connectivity index (χ4v) is 4.26. The second kappa shape index (κ2) is 6.22. The van der Waals surface area contributed by atoms with E-state index in [0.717, 1.165) is 13.0 Å². The molecule has 0 radical (unpaired) electrons. The number of nitriles is 1. The fourth-order valence-electron chi connectivity index (χ4n) is 2.20. The minimum Gasteiger partial charge on any atom is -0.315 e. The normalized spacial score (nSPS) is 23.2. The molecular weight excluding hydrogens is 342 g/mol. The molecule has 0 bridgehead atoms. The second-order valence-corrected chi connectivity index (χ2v) is 7.61. The molecule has 7 heteroatoms. The van der Waals surface area contributed by atoms with E-state index in [1.54, 1.807) is 6.07 Å². The predicted molar refractivity (Wildman–Crippen MR) is 79.6 cm³/mol. The summed E-state index contributed by atoms with van der Waals surface area (Å²) in [5.41, 5.74) is 0.314. The van der Waals surface area contributed by atoms with Gasteiger partial charge < -0.3 is 5.32 Å². The van der Waals surface area contributed by atoms with Gasteiger partial charge in [-0.1, -0.05) is 22.9 Å². The van der Waals surface area contributed by atoms with Crippen LogP contribution in [0.25, 0.3) is 0 Å². The van der Waals surface area contributed by atoms with Crippen LogP contribution in [0.5, 0.6) is 0 Å². The third-order valence-electron chi connectivity index (χ3n) is 3.44. The fraction of sp³-hybridized carbons (Fsp3) is 0.462. The van der Waals surface area contributed by atoms with E-state index < -0.39 is 10.0 Å². The quantitative estimate of drug-likeness (QED) is 0.860. The maximum atomic E-state index is 12.4. The summed E-state index contributed by atoms with van der Waals surface area (Å²) in [6, 6.07) is 6.31. The molecule has 1 aromatic carbocycles. The first-order chi connectivity index (χ1) is 9.42. The highest BCUT2D eigenvalue weighted by Gasteiger charge is 2.27. The molecular formula is C13H16BrN3O2S. The highest BCUT2D eigenvalue weighted by molar-refractivity contribution is 9.10. The van der Waals surface area contributed by atoms with Gasteiger partial charge in [-0.15, -0.1) is 0 Å². The summed E-state index contributed by atoms with van der Waals surface area (Å²) in [5, 5.41) is 12.1. The van der Waals surface area contributed by atoms with Gasteiger partial charge in [0.15, 0.2) is 0 Å². The van der Waals surface area contributed by atoms with Gasteiger partial charge in [-0.2, -0.15) is 5.26 Å². The van der Waals surface area contributed by atoms with Gasteiger partial charge in [0.05, 0.1) is 16.5 Å². The van der Waals surface area contributed by atoms with Crippen molar-refractivity contribution in [2.45, 2.75) is 24.3 Å². The molecule has 1 saturated heterocycles. The third kappa shape index (κ3) is 3.58. The molecule has 1 aromatic rings. The standard InChI is InChI=1S/C13H16BrN3O2S/c1-9-2-3-16-8-13(9)17-20(18,19)12-5-10(7-15)4-11(14)6-12/h4-6,9,13,16-17H,2-3,8H2,1H3. The molecule has 108 valence electrons. The van der Waals surface area contributed by atoms with Gasteiger partial charge in [0.1, 0.15) is 0 Å². The Labute approximate surface area is 127 Å². The van der Waals surface area contributed by atoms with Crippen LogP contribution in [0, 0.1) is 17.2 Å². The van der Waals surface area contributed by atoms with Crippen molar-refractivity contribution >= 4 is 26.0 Å². The van der Waals surface area contributed by atoms with E-state index in [1.807, 2.05) is 13.0 Å². The molecule has 1 aliphatic rings. The van der Waals surface area contributed by atoms with Crippen molar-refractivity contribution in [3.8, 4) is 6.07 Å². The number of piperidine rings is 1. The Morgan fingerprint density at radius 2 is 2.20 bits per heavy atom. The van der Waals surface area contributed by atoms with E-state index in [1.165, 1.54) is 12.1 Å². The molecule has 1 heterocycles. The van der Waals surface area contributed by atoms with E-state index >= 15 is 0 Å². The third-order valence-corrected chi connectivity index (χ3v) is 5.37. The first-order valence-corrected chi connectivity index (χ1v) is 8.64. The first-order valence-electron chi connectivity index (χ1n) is 6.36. The van der Waals surface area contributed by atoms with Gasteiger partial charge in [0.25, 0.3) is 0 Å². The molecule has 0 aliphatic carbocycles. The van der Waals surface area contributed by atoms with Crippen LogP contribution in [-0.4, -0.2) is 27.5 Å². The predicted octanol–water partition coefficient (Wildman–Crippen LogP) is 1.60. The molecule has 2 rings (SSSR count).